The summed E-state index contributed by atoms with van der Waals surface area (Å²) in [6.07, 6.45) is 7.52. The van der Waals surface area contributed by atoms with Crippen molar-refractivity contribution in [2.45, 2.75) is 62.9 Å². The molecule has 1 atom stereocenters. The molecule has 2 fully saturated rings. The summed E-state index contributed by atoms with van der Waals surface area (Å²) in [6, 6.07) is 8.39. The molecule has 1 aromatic rings. The topological polar surface area (TPSA) is 99.2 Å². The zero-order chi connectivity index (χ0) is 20.1. The molecule has 150 valence electrons. The average molecular weight is 494 g/mol. The largest absolute Gasteiger partial charge is 0.366 e. The number of nitrogens with one attached hydrogen (secondary N) is 1. The van der Waals surface area contributed by atoms with Crippen molar-refractivity contribution in [2.24, 2.45) is 5.73 Å². The van der Waals surface area contributed by atoms with E-state index in [0.717, 1.165) is 15.7 Å². The van der Waals surface area contributed by atoms with E-state index in [1.807, 2.05) is 12.1 Å². The second kappa shape index (κ2) is 9.23. The van der Waals surface area contributed by atoms with Crippen LogP contribution in [0.1, 0.15) is 60.9 Å². The van der Waals surface area contributed by atoms with Gasteiger partial charge in [-0.2, -0.15) is 5.26 Å². The molecule has 1 saturated heterocycles. The Labute approximate surface area is 180 Å². The normalized spacial score (nSPS) is 23.3. The van der Waals surface area contributed by atoms with Crippen LogP contribution in [0, 0.1) is 14.9 Å². The highest BCUT2D eigenvalue weighted by Crippen LogP contribution is 2.29. The summed E-state index contributed by atoms with van der Waals surface area (Å²) in [7, 11) is 0. The van der Waals surface area contributed by atoms with E-state index in [4.69, 9.17) is 5.73 Å². The van der Waals surface area contributed by atoms with E-state index < -0.39 is 11.4 Å². The predicted octanol–water partition coefficient (Wildman–Crippen LogP) is 2.74. The molecule has 3 N–H and O–H groups in total. The van der Waals surface area contributed by atoms with E-state index in [1.54, 1.807) is 6.07 Å². The van der Waals surface area contributed by atoms with Crippen LogP contribution in [0.5, 0.6) is 0 Å². The summed E-state index contributed by atoms with van der Waals surface area (Å²) >= 11 is 2.13. The van der Waals surface area contributed by atoms with E-state index >= 15 is 0 Å². The average Bonchev–Trinajstić information content (AvgIpc) is 3.12. The third-order valence-corrected chi connectivity index (χ3v) is 6.61. The molecule has 3 rings (SSSR count). The standard InChI is InChI=1S/C21H27IN4O2/c22-16-8-6-15(18(12-16)20(24)28)7-9-19(27)25-21(13-23)10-11-26(14-21)17-4-2-1-3-5-17/h6,8,12,17H,1-5,7,9-11,14H2,(H2,24,28)(H,25,27). The first kappa shape index (κ1) is 21.1. The van der Waals surface area contributed by atoms with Crippen molar-refractivity contribution in [3.63, 3.8) is 0 Å². The van der Waals surface area contributed by atoms with Crippen LogP contribution in [-0.2, 0) is 11.2 Å². The number of aryl methyl sites for hydroxylation is 1. The van der Waals surface area contributed by atoms with Crippen molar-refractivity contribution in [3.8, 4) is 6.07 Å². The fourth-order valence-corrected chi connectivity index (χ4v) is 4.88. The van der Waals surface area contributed by atoms with Gasteiger partial charge in [0.1, 0.15) is 5.54 Å². The summed E-state index contributed by atoms with van der Waals surface area (Å²) in [5.74, 6) is -0.637. The lowest BCUT2D eigenvalue weighted by molar-refractivity contribution is -0.122. The number of hydrogen-bond acceptors (Lipinski definition) is 4. The van der Waals surface area contributed by atoms with Gasteiger partial charge in [-0.25, -0.2) is 0 Å². The number of carbonyl (C=O) groups is 2. The zero-order valence-corrected chi connectivity index (χ0v) is 18.2. The molecular weight excluding hydrogens is 467 g/mol. The summed E-state index contributed by atoms with van der Waals surface area (Å²) in [5.41, 5.74) is 5.89. The van der Waals surface area contributed by atoms with Gasteiger partial charge in [-0.15, -0.1) is 0 Å². The highest BCUT2D eigenvalue weighted by molar-refractivity contribution is 14.1. The molecule has 1 aliphatic carbocycles. The van der Waals surface area contributed by atoms with Crippen molar-refractivity contribution in [1.82, 2.24) is 10.2 Å². The first-order chi connectivity index (χ1) is 13.4. The smallest absolute Gasteiger partial charge is 0.249 e. The molecule has 1 saturated carbocycles. The lowest BCUT2D eigenvalue weighted by Crippen LogP contribution is -2.50. The number of amides is 2. The molecule has 1 aliphatic heterocycles. The SMILES string of the molecule is N#CC1(NC(=O)CCc2ccc(I)cc2C(N)=O)CCN(C2CCCCC2)C1. The number of carbonyl (C=O) groups excluding carboxylic acids is 2. The minimum Gasteiger partial charge on any atom is -0.366 e. The van der Waals surface area contributed by atoms with Crippen molar-refractivity contribution >= 4 is 34.4 Å². The summed E-state index contributed by atoms with van der Waals surface area (Å²) in [5, 5.41) is 12.7. The van der Waals surface area contributed by atoms with Gasteiger partial charge in [-0.3, -0.25) is 14.5 Å². The van der Waals surface area contributed by atoms with Gasteiger partial charge in [0.05, 0.1) is 6.07 Å². The minimum atomic E-state index is -0.798. The molecular formula is C21H27IN4O2. The molecule has 0 aromatic heterocycles. The van der Waals surface area contributed by atoms with E-state index in [2.05, 4.69) is 38.9 Å². The van der Waals surface area contributed by atoms with Crippen molar-refractivity contribution in [2.75, 3.05) is 13.1 Å². The van der Waals surface area contributed by atoms with Gasteiger partial charge in [0.15, 0.2) is 0 Å². The maximum absolute atomic E-state index is 12.6. The fraction of sp³-hybridized carbons (Fsp3) is 0.571. The lowest BCUT2D eigenvalue weighted by atomic mass is 9.94. The molecule has 1 unspecified atom stereocenters. The Morgan fingerprint density at radius 1 is 1.32 bits per heavy atom. The predicted molar refractivity (Wildman–Crippen MR) is 116 cm³/mol. The van der Waals surface area contributed by atoms with Crippen LogP contribution in [-0.4, -0.2) is 41.4 Å². The molecule has 6 nitrogen and oxygen atoms in total. The lowest BCUT2D eigenvalue weighted by Gasteiger charge is -2.32. The monoisotopic (exact) mass is 494 g/mol. The molecule has 2 amide bonds. The van der Waals surface area contributed by atoms with Gasteiger partial charge in [0, 0.05) is 34.7 Å². The fourth-order valence-electron chi connectivity index (χ4n) is 4.39. The van der Waals surface area contributed by atoms with E-state index in [0.29, 0.717) is 31.0 Å². The molecule has 0 radical (unpaired) electrons. The highest BCUT2D eigenvalue weighted by atomic mass is 127. The van der Waals surface area contributed by atoms with Crippen LogP contribution in [0.25, 0.3) is 0 Å². The third-order valence-electron chi connectivity index (χ3n) is 5.94. The van der Waals surface area contributed by atoms with E-state index in [1.165, 1.54) is 32.1 Å². The Hall–Kier alpha value is -1.66. The zero-order valence-electron chi connectivity index (χ0n) is 16.0. The minimum absolute atomic E-state index is 0.152. The Balaban J connectivity index is 1.58. The highest BCUT2D eigenvalue weighted by Gasteiger charge is 2.42. The number of primary amides is 1. The number of likely N-dealkylation sites (tertiary alicyclic amines) is 1. The maximum atomic E-state index is 12.6. The number of hydrogen-bond donors (Lipinski definition) is 2. The van der Waals surface area contributed by atoms with Gasteiger partial charge in [0.25, 0.3) is 0 Å². The number of rotatable bonds is 6. The number of halogens is 1. The number of nitrogens with zero attached hydrogens (tertiary/aromatic N) is 2. The maximum Gasteiger partial charge on any atom is 0.249 e. The molecule has 0 spiro atoms. The number of benzene rings is 1. The van der Waals surface area contributed by atoms with Crippen LogP contribution in [0.4, 0.5) is 0 Å². The van der Waals surface area contributed by atoms with Gasteiger partial charge in [0.2, 0.25) is 11.8 Å². The Kier molecular flexibility index (Phi) is 6.94. The summed E-state index contributed by atoms with van der Waals surface area (Å²) in [4.78, 5) is 26.6. The number of nitriles is 1. The first-order valence-electron chi connectivity index (χ1n) is 9.97. The van der Waals surface area contributed by atoms with Gasteiger partial charge < -0.3 is 11.1 Å². The molecule has 0 bridgehead atoms. The van der Waals surface area contributed by atoms with Crippen LogP contribution >= 0.6 is 22.6 Å². The second-order valence-electron chi connectivity index (χ2n) is 7.92. The van der Waals surface area contributed by atoms with Crippen LogP contribution in [0.2, 0.25) is 0 Å². The van der Waals surface area contributed by atoms with Crippen molar-refractivity contribution < 1.29 is 9.59 Å². The van der Waals surface area contributed by atoms with Crippen LogP contribution in [0.3, 0.4) is 0 Å². The number of nitrogens with two attached hydrogens (primary N) is 1. The first-order valence-corrected chi connectivity index (χ1v) is 11.0. The molecule has 2 aliphatic rings. The summed E-state index contributed by atoms with van der Waals surface area (Å²) < 4.78 is 0.928. The molecule has 7 heteroatoms. The van der Waals surface area contributed by atoms with Gasteiger partial charge in [-0.1, -0.05) is 25.3 Å². The van der Waals surface area contributed by atoms with Gasteiger partial charge >= 0.3 is 0 Å². The molecule has 28 heavy (non-hydrogen) atoms. The van der Waals surface area contributed by atoms with Crippen LogP contribution < -0.4 is 11.1 Å². The molecule has 1 heterocycles. The molecule has 1 aromatic carbocycles. The van der Waals surface area contributed by atoms with Gasteiger partial charge in [-0.05, 0) is 66.0 Å². The quantitative estimate of drug-likeness (QED) is 0.595. The van der Waals surface area contributed by atoms with E-state index in [9.17, 15) is 14.9 Å². The van der Waals surface area contributed by atoms with Crippen molar-refractivity contribution in [1.29, 1.82) is 5.26 Å². The van der Waals surface area contributed by atoms with E-state index in [-0.39, 0.29) is 12.3 Å². The van der Waals surface area contributed by atoms with Crippen molar-refractivity contribution in [3.05, 3.63) is 32.9 Å². The van der Waals surface area contributed by atoms with Crippen LogP contribution in [0.15, 0.2) is 18.2 Å². The Morgan fingerprint density at radius 3 is 2.75 bits per heavy atom. The Morgan fingerprint density at radius 2 is 2.07 bits per heavy atom. The Bertz CT molecular complexity index is 785. The summed E-state index contributed by atoms with van der Waals surface area (Å²) in [6.45, 7) is 1.47. The second-order valence-corrected chi connectivity index (χ2v) is 9.17. The third kappa shape index (κ3) is 5.03.